The fraction of sp³-hybridized carbons (Fsp3) is 0.750. The van der Waals surface area contributed by atoms with Crippen LogP contribution in [-0.2, 0) is 14.3 Å². The van der Waals surface area contributed by atoms with E-state index in [-0.39, 0.29) is 30.8 Å². The maximum absolute atomic E-state index is 12.4. The first-order valence-electron chi connectivity index (χ1n) is 8.39. The molecule has 1 atom stereocenters. The molecule has 2 amide bonds. The van der Waals surface area contributed by atoms with Crippen LogP contribution in [-0.4, -0.2) is 59.8 Å². The number of nitrogens with one attached hydrogen (secondary N) is 2. The predicted octanol–water partition coefficient (Wildman–Crippen LogP) is 1.84. The number of carbonyl (C=O) groups is 3. The minimum atomic E-state index is -0.936. The number of amides is 2. The largest absolute Gasteiger partial charge is 0.449 e. The van der Waals surface area contributed by atoms with Gasteiger partial charge in [0.15, 0.2) is 5.17 Å². The van der Waals surface area contributed by atoms with Gasteiger partial charge in [-0.25, -0.2) is 10.2 Å². The predicted molar refractivity (Wildman–Crippen MR) is 105 cm³/mol. The number of ketones is 1. The molecule has 1 fully saturated rings. The summed E-state index contributed by atoms with van der Waals surface area (Å²) in [6.45, 7) is 8.72. The Labute approximate surface area is 165 Å². The number of hydrazone groups is 1. The number of rotatable bonds is 8. The number of ether oxygens (including phenoxy) is 1. The van der Waals surface area contributed by atoms with E-state index in [1.807, 2.05) is 39.6 Å². The molecule has 0 spiro atoms. The highest BCUT2D eigenvalue weighted by atomic mass is 35.5. The van der Waals surface area contributed by atoms with E-state index < -0.39 is 23.8 Å². The first-order valence-corrected chi connectivity index (χ1v) is 9.38. The lowest BCUT2D eigenvalue weighted by molar-refractivity contribution is -0.139. The van der Waals surface area contributed by atoms with Crippen molar-refractivity contribution in [3.05, 3.63) is 0 Å². The van der Waals surface area contributed by atoms with Crippen molar-refractivity contribution >= 4 is 47.1 Å². The molecule has 8 nitrogen and oxygen atoms in total. The van der Waals surface area contributed by atoms with Crippen LogP contribution in [0.5, 0.6) is 0 Å². The summed E-state index contributed by atoms with van der Waals surface area (Å²) in [4.78, 5) is 38.2. The van der Waals surface area contributed by atoms with Crippen molar-refractivity contribution in [2.45, 2.75) is 40.2 Å². The Morgan fingerprint density at radius 2 is 1.88 bits per heavy atom. The van der Waals surface area contributed by atoms with Crippen LogP contribution in [0.25, 0.3) is 0 Å². The van der Waals surface area contributed by atoms with Crippen LogP contribution in [0.1, 0.15) is 34.1 Å². The highest BCUT2D eigenvalue weighted by Gasteiger charge is 2.28. The second-order valence-electron chi connectivity index (χ2n) is 6.79. The molecule has 1 aliphatic heterocycles. The zero-order valence-electron chi connectivity index (χ0n) is 15.9. The molecule has 26 heavy (non-hydrogen) atoms. The average Bonchev–Trinajstić information content (AvgIpc) is 2.94. The molecule has 0 radical (unpaired) electrons. The maximum atomic E-state index is 12.4. The van der Waals surface area contributed by atoms with Gasteiger partial charge in [0.1, 0.15) is 6.04 Å². The summed E-state index contributed by atoms with van der Waals surface area (Å²) in [5.74, 6) is -0.383. The minimum Gasteiger partial charge on any atom is -0.449 e. The molecular formula is C16H29ClN4O4S. The van der Waals surface area contributed by atoms with Gasteiger partial charge in [-0.2, -0.15) is 0 Å². The zero-order chi connectivity index (χ0) is 19.0. The SMILES string of the molecule is CC(C)COC(=O)N[C@@H](CC(C)C)C(=O)C(=O)N/N=C1\SCCN1C.Cl. The van der Waals surface area contributed by atoms with E-state index in [4.69, 9.17) is 4.74 Å². The normalized spacial score (nSPS) is 16.4. The number of halogens is 1. The maximum Gasteiger partial charge on any atom is 0.407 e. The van der Waals surface area contributed by atoms with Gasteiger partial charge >= 0.3 is 12.0 Å². The molecule has 10 heteroatoms. The number of thioether (sulfide) groups is 1. The van der Waals surface area contributed by atoms with E-state index in [9.17, 15) is 14.4 Å². The van der Waals surface area contributed by atoms with Crippen LogP contribution in [0, 0.1) is 11.8 Å². The van der Waals surface area contributed by atoms with Crippen molar-refractivity contribution in [1.29, 1.82) is 0 Å². The van der Waals surface area contributed by atoms with Gasteiger partial charge in [0, 0.05) is 19.3 Å². The molecular weight excluding hydrogens is 380 g/mol. The number of alkyl carbamates (subject to hydrolysis) is 1. The van der Waals surface area contributed by atoms with Gasteiger partial charge in [0.2, 0.25) is 5.78 Å². The molecule has 1 saturated heterocycles. The number of nitrogens with zero attached hydrogens (tertiary/aromatic N) is 2. The van der Waals surface area contributed by atoms with Gasteiger partial charge in [0.05, 0.1) is 6.61 Å². The Bertz CT molecular complexity index is 528. The second-order valence-corrected chi connectivity index (χ2v) is 7.85. The van der Waals surface area contributed by atoms with Crippen LogP contribution in [0.3, 0.4) is 0 Å². The van der Waals surface area contributed by atoms with Crippen molar-refractivity contribution in [2.75, 3.05) is 26.0 Å². The molecule has 0 saturated carbocycles. The van der Waals surface area contributed by atoms with E-state index in [0.717, 1.165) is 12.3 Å². The Hall–Kier alpha value is -1.48. The van der Waals surface area contributed by atoms with E-state index in [1.165, 1.54) is 11.8 Å². The molecule has 0 aliphatic carbocycles. The Kier molecular flexibility index (Phi) is 11.3. The molecule has 0 unspecified atom stereocenters. The van der Waals surface area contributed by atoms with Crippen LogP contribution >= 0.6 is 24.2 Å². The van der Waals surface area contributed by atoms with E-state index in [1.54, 1.807) is 0 Å². The van der Waals surface area contributed by atoms with Gasteiger partial charge in [-0.15, -0.1) is 17.5 Å². The number of amidine groups is 1. The molecule has 0 aromatic rings. The van der Waals surface area contributed by atoms with Crippen LogP contribution in [0.4, 0.5) is 4.79 Å². The van der Waals surface area contributed by atoms with E-state index >= 15 is 0 Å². The molecule has 1 rings (SSSR count). The van der Waals surface area contributed by atoms with Gasteiger partial charge in [-0.3, -0.25) is 9.59 Å². The van der Waals surface area contributed by atoms with E-state index in [0.29, 0.717) is 11.6 Å². The highest BCUT2D eigenvalue weighted by Crippen LogP contribution is 2.14. The van der Waals surface area contributed by atoms with Crippen molar-refractivity contribution in [1.82, 2.24) is 15.6 Å². The number of Topliss-reactive ketones (excluding diaryl/α,β-unsaturated/α-hetero) is 1. The monoisotopic (exact) mass is 408 g/mol. The lowest BCUT2D eigenvalue weighted by Gasteiger charge is -2.19. The topological polar surface area (TPSA) is 100 Å². The third kappa shape index (κ3) is 8.75. The summed E-state index contributed by atoms with van der Waals surface area (Å²) in [6.07, 6.45) is -0.355. The van der Waals surface area contributed by atoms with Crippen molar-refractivity contribution in [2.24, 2.45) is 16.9 Å². The van der Waals surface area contributed by atoms with Crippen LogP contribution < -0.4 is 10.7 Å². The average molecular weight is 409 g/mol. The minimum absolute atomic E-state index is 0. The third-order valence-corrected chi connectivity index (χ3v) is 4.37. The summed E-state index contributed by atoms with van der Waals surface area (Å²) in [5.41, 5.74) is 2.28. The Morgan fingerprint density at radius 3 is 2.38 bits per heavy atom. The van der Waals surface area contributed by atoms with Crippen molar-refractivity contribution < 1.29 is 19.1 Å². The van der Waals surface area contributed by atoms with Gasteiger partial charge < -0.3 is 15.0 Å². The first kappa shape index (κ1) is 24.5. The summed E-state index contributed by atoms with van der Waals surface area (Å²) >= 11 is 1.50. The highest BCUT2D eigenvalue weighted by molar-refractivity contribution is 8.14. The summed E-state index contributed by atoms with van der Waals surface area (Å²) in [7, 11) is 1.86. The number of hydrogen-bond donors (Lipinski definition) is 2. The molecule has 0 bridgehead atoms. The Morgan fingerprint density at radius 1 is 1.23 bits per heavy atom. The summed E-state index contributed by atoms with van der Waals surface area (Å²) in [5, 5.41) is 7.11. The molecule has 150 valence electrons. The second kappa shape index (κ2) is 12.0. The fourth-order valence-electron chi connectivity index (χ4n) is 2.04. The van der Waals surface area contributed by atoms with Crippen molar-refractivity contribution in [3.8, 4) is 0 Å². The lowest BCUT2D eigenvalue weighted by atomic mass is 10.00. The summed E-state index contributed by atoms with van der Waals surface area (Å²) < 4.78 is 5.03. The molecule has 2 N–H and O–H groups in total. The molecule has 1 heterocycles. The van der Waals surface area contributed by atoms with Crippen LogP contribution in [0.15, 0.2) is 5.10 Å². The molecule has 1 aliphatic rings. The molecule has 0 aromatic heterocycles. The number of carbonyl (C=O) groups excluding carboxylic acids is 3. The van der Waals surface area contributed by atoms with Gasteiger partial charge in [0.25, 0.3) is 0 Å². The first-order chi connectivity index (χ1) is 11.7. The smallest absolute Gasteiger partial charge is 0.407 e. The number of hydrogen-bond acceptors (Lipinski definition) is 6. The standard InChI is InChI=1S/C16H28N4O4S.ClH/c1-10(2)8-12(17-16(23)24-9-11(3)4)13(21)14(22)18-19-15-20(5)6-7-25-15;/h10-12H,6-9H2,1-5H3,(H,17,23)(H,18,22);1H/b19-15-;/t12-;/m0./s1. The quantitative estimate of drug-likeness (QED) is 0.469. The lowest BCUT2D eigenvalue weighted by Crippen LogP contribution is -2.47. The summed E-state index contributed by atoms with van der Waals surface area (Å²) in [6, 6.07) is -0.936. The molecule has 0 aromatic carbocycles. The van der Waals surface area contributed by atoms with Gasteiger partial charge in [-0.1, -0.05) is 39.5 Å². The van der Waals surface area contributed by atoms with Crippen LogP contribution in [0.2, 0.25) is 0 Å². The van der Waals surface area contributed by atoms with Crippen molar-refractivity contribution in [3.63, 3.8) is 0 Å². The fourth-order valence-corrected chi connectivity index (χ4v) is 3.01. The third-order valence-electron chi connectivity index (χ3n) is 3.32. The zero-order valence-corrected chi connectivity index (χ0v) is 17.5. The Balaban J connectivity index is 0.00000625. The van der Waals surface area contributed by atoms with E-state index in [2.05, 4.69) is 15.8 Å². The van der Waals surface area contributed by atoms with Gasteiger partial charge in [-0.05, 0) is 18.3 Å².